The fraction of sp³-hybridized carbons (Fsp3) is 0.538. The first-order valence-corrected chi connectivity index (χ1v) is 11.0. The lowest BCUT2D eigenvalue weighted by Gasteiger charge is -2.41. The van der Waals surface area contributed by atoms with Crippen molar-refractivity contribution in [2.75, 3.05) is 11.5 Å². The van der Waals surface area contributed by atoms with Crippen LogP contribution in [0.3, 0.4) is 0 Å². The zero-order valence-electron chi connectivity index (χ0n) is 19.4. The Labute approximate surface area is 181 Å². The molecule has 0 spiro atoms. The first-order chi connectivity index (χ1) is 14.0. The van der Waals surface area contributed by atoms with Gasteiger partial charge in [-0.05, 0) is 68.2 Å². The smallest absolute Gasteiger partial charge is 0.330 e. The van der Waals surface area contributed by atoms with Gasteiger partial charge >= 0.3 is 5.97 Å². The molecule has 0 radical (unpaired) electrons. The van der Waals surface area contributed by atoms with Crippen molar-refractivity contribution in [2.45, 2.75) is 78.2 Å². The van der Waals surface area contributed by atoms with Crippen LogP contribution in [0.1, 0.15) is 72.4 Å². The lowest BCUT2D eigenvalue weighted by molar-refractivity contribution is -0.137. The molecule has 2 aliphatic rings. The number of esters is 1. The van der Waals surface area contributed by atoms with E-state index in [9.17, 15) is 9.59 Å². The number of amides is 1. The molecule has 1 amide bonds. The third-order valence-electron chi connectivity index (χ3n) is 6.55. The zero-order chi connectivity index (χ0) is 22.3. The number of fused-ring (bicyclic) bond motifs is 1. The van der Waals surface area contributed by atoms with Crippen LogP contribution < -0.4 is 4.90 Å². The highest BCUT2D eigenvalue weighted by Gasteiger charge is 2.50. The van der Waals surface area contributed by atoms with Gasteiger partial charge in [0.25, 0.3) is 0 Å². The van der Waals surface area contributed by atoms with Crippen LogP contribution in [0, 0.1) is 5.92 Å². The number of anilines is 1. The van der Waals surface area contributed by atoms with Crippen LogP contribution in [-0.2, 0) is 25.2 Å². The Balaban J connectivity index is 1.84. The van der Waals surface area contributed by atoms with Gasteiger partial charge in [0.1, 0.15) is 0 Å². The summed E-state index contributed by atoms with van der Waals surface area (Å²) in [4.78, 5) is 26.2. The fourth-order valence-electron chi connectivity index (χ4n) is 4.60. The molecule has 2 atom stereocenters. The lowest BCUT2D eigenvalue weighted by Crippen LogP contribution is -2.45. The molecule has 1 fully saturated rings. The maximum absolute atomic E-state index is 12.7. The predicted octanol–water partition coefficient (Wildman–Crippen LogP) is 5.45. The maximum atomic E-state index is 12.7. The molecule has 0 N–H and O–H groups in total. The van der Waals surface area contributed by atoms with E-state index in [0.29, 0.717) is 18.9 Å². The summed E-state index contributed by atoms with van der Waals surface area (Å²) in [6.07, 6.45) is 7.40. The molecule has 1 aromatic rings. The molecule has 0 bridgehead atoms. The molecule has 162 valence electrons. The summed E-state index contributed by atoms with van der Waals surface area (Å²) in [5, 5.41) is 0. The van der Waals surface area contributed by atoms with Gasteiger partial charge in [-0.25, -0.2) is 4.79 Å². The van der Waals surface area contributed by atoms with E-state index >= 15 is 0 Å². The molecule has 0 aromatic heterocycles. The molecular formula is C26H35NO3. The Kier molecular flexibility index (Phi) is 5.99. The van der Waals surface area contributed by atoms with Crippen molar-refractivity contribution < 1.29 is 14.3 Å². The second kappa shape index (κ2) is 8.05. The minimum Gasteiger partial charge on any atom is -0.463 e. The molecule has 3 rings (SSSR count). The summed E-state index contributed by atoms with van der Waals surface area (Å²) in [7, 11) is 0. The average Bonchev–Trinajstić information content (AvgIpc) is 3.30. The number of hydrogen-bond acceptors (Lipinski definition) is 3. The van der Waals surface area contributed by atoms with Crippen molar-refractivity contribution in [1.82, 2.24) is 0 Å². The fourth-order valence-corrected chi connectivity index (χ4v) is 4.60. The number of ether oxygens (including phenoxy) is 1. The van der Waals surface area contributed by atoms with Crippen molar-refractivity contribution in [2.24, 2.45) is 5.92 Å². The van der Waals surface area contributed by atoms with Gasteiger partial charge in [0.2, 0.25) is 5.91 Å². The summed E-state index contributed by atoms with van der Waals surface area (Å²) < 4.78 is 4.97. The molecular weight excluding hydrogens is 374 g/mol. The lowest BCUT2D eigenvalue weighted by atomic mass is 9.75. The SMILES string of the molecule is CCOC(=O)C=C(C)C=C[C@@H]1C[C@]1(C)c1ccc2c(c1)C(C)(C)CC(=O)N2C(C)C. The van der Waals surface area contributed by atoms with Crippen LogP contribution in [0.15, 0.2) is 42.0 Å². The number of hydrogen-bond donors (Lipinski definition) is 0. The summed E-state index contributed by atoms with van der Waals surface area (Å²) in [6, 6.07) is 6.81. The number of nitrogens with zero attached hydrogens (tertiary/aromatic N) is 1. The highest BCUT2D eigenvalue weighted by Crippen LogP contribution is 2.56. The number of carbonyl (C=O) groups excluding carboxylic acids is 2. The molecule has 1 aliphatic carbocycles. The molecule has 1 heterocycles. The molecule has 1 saturated carbocycles. The molecule has 30 heavy (non-hydrogen) atoms. The standard InChI is InChI=1S/C26H35NO3/c1-8-30-24(29)13-18(4)9-10-20-15-26(20,7)19-11-12-22-21(14-19)25(5,6)16-23(28)27(22)17(2)3/h9-14,17,20H,8,15-16H2,1-7H3/t20-,26-/m1/s1. The van der Waals surface area contributed by atoms with Crippen molar-refractivity contribution in [3.63, 3.8) is 0 Å². The van der Waals surface area contributed by atoms with E-state index in [-0.39, 0.29) is 28.7 Å². The first kappa shape index (κ1) is 22.3. The van der Waals surface area contributed by atoms with Gasteiger partial charge in [-0.3, -0.25) is 4.79 Å². The topological polar surface area (TPSA) is 46.6 Å². The van der Waals surface area contributed by atoms with Gasteiger partial charge in [-0.15, -0.1) is 0 Å². The highest BCUT2D eigenvalue weighted by atomic mass is 16.5. The summed E-state index contributed by atoms with van der Waals surface area (Å²) in [6.45, 7) is 14.9. The Hall–Kier alpha value is -2.36. The van der Waals surface area contributed by atoms with Crippen LogP contribution in [-0.4, -0.2) is 24.5 Å². The van der Waals surface area contributed by atoms with Crippen molar-refractivity contribution in [3.05, 3.63) is 53.1 Å². The van der Waals surface area contributed by atoms with Gasteiger partial charge in [0.05, 0.1) is 6.61 Å². The number of rotatable bonds is 6. The van der Waals surface area contributed by atoms with Gasteiger partial charge in [-0.1, -0.05) is 45.1 Å². The van der Waals surface area contributed by atoms with Gasteiger partial charge in [0, 0.05) is 29.6 Å². The van der Waals surface area contributed by atoms with E-state index in [2.05, 4.69) is 58.9 Å². The van der Waals surface area contributed by atoms with Crippen LogP contribution in [0.2, 0.25) is 0 Å². The quantitative estimate of drug-likeness (QED) is 0.356. The third kappa shape index (κ3) is 4.23. The van der Waals surface area contributed by atoms with Gasteiger partial charge < -0.3 is 9.64 Å². The monoisotopic (exact) mass is 409 g/mol. The highest BCUT2D eigenvalue weighted by molar-refractivity contribution is 5.98. The van der Waals surface area contributed by atoms with Crippen LogP contribution in [0.25, 0.3) is 0 Å². The Morgan fingerprint density at radius 1 is 1.30 bits per heavy atom. The molecule has 1 aliphatic heterocycles. The normalized spacial score (nSPS) is 25.6. The summed E-state index contributed by atoms with van der Waals surface area (Å²) >= 11 is 0. The maximum Gasteiger partial charge on any atom is 0.330 e. The molecule has 4 nitrogen and oxygen atoms in total. The van der Waals surface area contributed by atoms with Crippen molar-refractivity contribution >= 4 is 17.6 Å². The predicted molar refractivity (Wildman–Crippen MR) is 122 cm³/mol. The van der Waals surface area contributed by atoms with Gasteiger partial charge in [0.15, 0.2) is 0 Å². The van der Waals surface area contributed by atoms with Gasteiger partial charge in [-0.2, -0.15) is 0 Å². The van der Waals surface area contributed by atoms with Crippen LogP contribution >= 0.6 is 0 Å². The van der Waals surface area contributed by atoms with Crippen molar-refractivity contribution in [1.29, 1.82) is 0 Å². The second-order valence-electron chi connectivity index (χ2n) is 9.88. The van der Waals surface area contributed by atoms with Crippen LogP contribution in [0.4, 0.5) is 5.69 Å². The number of benzene rings is 1. The minimum absolute atomic E-state index is 0.0932. The van der Waals surface area contributed by atoms with E-state index in [1.165, 1.54) is 11.1 Å². The number of allylic oxidation sites excluding steroid dienone is 3. The molecule has 0 unspecified atom stereocenters. The largest absolute Gasteiger partial charge is 0.463 e. The third-order valence-corrected chi connectivity index (χ3v) is 6.55. The second-order valence-corrected chi connectivity index (χ2v) is 9.88. The van der Waals surface area contributed by atoms with E-state index in [0.717, 1.165) is 17.7 Å². The average molecular weight is 410 g/mol. The minimum atomic E-state index is -0.292. The summed E-state index contributed by atoms with van der Waals surface area (Å²) in [5.74, 6) is 0.354. The molecule has 1 aromatic carbocycles. The van der Waals surface area contributed by atoms with E-state index < -0.39 is 0 Å². The summed E-state index contributed by atoms with van der Waals surface area (Å²) in [5.41, 5.74) is 4.48. The molecule has 0 saturated heterocycles. The van der Waals surface area contributed by atoms with E-state index in [1.807, 2.05) is 24.8 Å². The van der Waals surface area contributed by atoms with Crippen molar-refractivity contribution in [3.8, 4) is 0 Å². The zero-order valence-corrected chi connectivity index (χ0v) is 19.4. The number of carbonyl (C=O) groups is 2. The first-order valence-electron chi connectivity index (χ1n) is 11.0. The Bertz CT molecular complexity index is 909. The van der Waals surface area contributed by atoms with E-state index in [4.69, 9.17) is 4.74 Å². The molecule has 4 heteroatoms. The van der Waals surface area contributed by atoms with Crippen LogP contribution in [0.5, 0.6) is 0 Å². The van der Waals surface area contributed by atoms with E-state index in [1.54, 1.807) is 6.08 Å². The Morgan fingerprint density at radius 3 is 2.63 bits per heavy atom. The Morgan fingerprint density at radius 2 is 2.00 bits per heavy atom.